The van der Waals surface area contributed by atoms with Crippen molar-refractivity contribution in [2.75, 3.05) is 11.9 Å². The predicted octanol–water partition coefficient (Wildman–Crippen LogP) is 3.72. The Morgan fingerprint density at radius 3 is 2.52 bits per heavy atom. The first-order valence-corrected chi connectivity index (χ1v) is 8.58. The quantitative estimate of drug-likeness (QED) is 0.356. The van der Waals surface area contributed by atoms with Crippen LogP contribution in [-0.2, 0) is 11.2 Å². The van der Waals surface area contributed by atoms with Crippen LogP contribution in [0.3, 0.4) is 0 Å². The van der Waals surface area contributed by atoms with Crippen molar-refractivity contribution in [3.63, 3.8) is 0 Å². The summed E-state index contributed by atoms with van der Waals surface area (Å²) in [6.45, 7) is 0.616. The van der Waals surface area contributed by atoms with Crippen LogP contribution in [0.2, 0.25) is 0 Å². The molecule has 0 fully saturated rings. The van der Waals surface area contributed by atoms with Crippen LogP contribution in [-0.4, -0.2) is 17.6 Å². The van der Waals surface area contributed by atoms with Gasteiger partial charge in [0.15, 0.2) is 0 Å². The van der Waals surface area contributed by atoms with E-state index in [9.17, 15) is 15.2 Å². The van der Waals surface area contributed by atoms with E-state index in [0.717, 1.165) is 6.42 Å². The summed E-state index contributed by atoms with van der Waals surface area (Å²) in [4.78, 5) is 12.4. The molecule has 0 aliphatic carbocycles. The van der Waals surface area contributed by atoms with Crippen molar-refractivity contribution in [3.8, 4) is 11.8 Å². The van der Waals surface area contributed by atoms with Gasteiger partial charge in [-0.15, -0.1) is 0 Å². The van der Waals surface area contributed by atoms with Crippen LogP contribution in [0.1, 0.15) is 5.56 Å². The van der Waals surface area contributed by atoms with Gasteiger partial charge in [-0.3, -0.25) is 4.79 Å². The molecule has 3 N–H and O–H groups in total. The van der Waals surface area contributed by atoms with Crippen LogP contribution in [0, 0.1) is 11.3 Å². The second-order valence-corrected chi connectivity index (χ2v) is 5.99. The molecule has 5 nitrogen and oxygen atoms in total. The number of hydrogen-bond donors (Lipinski definition) is 3. The van der Waals surface area contributed by atoms with Crippen LogP contribution in [0.5, 0.6) is 5.75 Å². The third kappa shape index (κ3) is 4.44. The van der Waals surface area contributed by atoms with Crippen LogP contribution in [0.25, 0.3) is 10.8 Å². The molecule has 1 amide bonds. The third-order valence-corrected chi connectivity index (χ3v) is 4.16. The van der Waals surface area contributed by atoms with Crippen molar-refractivity contribution in [1.82, 2.24) is 5.32 Å². The maximum atomic E-state index is 12.4. The molecule has 27 heavy (non-hydrogen) atoms. The molecule has 3 aromatic carbocycles. The lowest BCUT2D eigenvalue weighted by atomic mass is 10.1. The summed E-state index contributed by atoms with van der Waals surface area (Å²) < 4.78 is 0. The monoisotopic (exact) mass is 357 g/mol. The van der Waals surface area contributed by atoms with Crippen molar-refractivity contribution in [2.45, 2.75) is 6.42 Å². The SMILES string of the molecule is N#C/C(=C/NCCc1ccccc1)C(=O)Nc1cccc2c(O)cccc12. The number of nitrogens with zero attached hydrogens (tertiary/aromatic N) is 1. The molecule has 134 valence electrons. The molecular formula is C22H19N3O2. The first-order chi connectivity index (χ1) is 13.2. The number of aromatic hydroxyl groups is 1. The Labute approximate surface area is 157 Å². The van der Waals surface area contributed by atoms with Crippen molar-refractivity contribution < 1.29 is 9.90 Å². The molecule has 0 heterocycles. The van der Waals surface area contributed by atoms with Crippen molar-refractivity contribution in [3.05, 3.63) is 84.1 Å². The Bertz CT molecular complexity index is 1020. The molecule has 3 rings (SSSR count). The number of carbonyl (C=O) groups is 1. The zero-order valence-electron chi connectivity index (χ0n) is 14.6. The van der Waals surface area contributed by atoms with E-state index in [1.807, 2.05) is 36.4 Å². The molecular weight excluding hydrogens is 338 g/mol. The Hall–Kier alpha value is -3.78. The van der Waals surface area contributed by atoms with Gasteiger partial charge in [-0.05, 0) is 24.1 Å². The minimum atomic E-state index is -0.499. The van der Waals surface area contributed by atoms with E-state index in [4.69, 9.17) is 0 Å². The van der Waals surface area contributed by atoms with Gasteiger partial charge >= 0.3 is 0 Å². The summed E-state index contributed by atoms with van der Waals surface area (Å²) in [5, 5.41) is 26.3. The fourth-order valence-corrected chi connectivity index (χ4v) is 2.78. The summed E-state index contributed by atoms with van der Waals surface area (Å²) in [6.07, 6.45) is 2.22. The van der Waals surface area contributed by atoms with Gasteiger partial charge in [-0.2, -0.15) is 5.26 Å². The van der Waals surface area contributed by atoms with Gasteiger partial charge < -0.3 is 15.7 Å². The second kappa shape index (κ2) is 8.54. The Morgan fingerprint density at radius 2 is 1.74 bits per heavy atom. The molecule has 0 aliphatic rings. The van der Waals surface area contributed by atoms with E-state index in [2.05, 4.69) is 10.6 Å². The zero-order chi connectivity index (χ0) is 19.1. The largest absolute Gasteiger partial charge is 0.507 e. The highest BCUT2D eigenvalue weighted by molar-refractivity contribution is 6.11. The molecule has 0 aromatic heterocycles. The van der Waals surface area contributed by atoms with Gasteiger partial charge in [-0.25, -0.2) is 0 Å². The molecule has 3 aromatic rings. The van der Waals surface area contributed by atoms with E-state index >= 15 is 0 Å². The number of phenolic OH excluding ortho intramolecular Hbond substituents is 1. The van der Waals surface area contributed by atoms with Crippen LogP contribution in [0.4, 0.5) is 5.69 Å². The lowest BCUT2D eigenvalue weighted by Crippen LogP contribution is -2.18. The van der Waals surface area contributed by atoms with Crippen molar-refractivity contribution >= 4 is 22.4 Å². The normalized spacial score (nSPS) is 11.0. The first kappa shape index (κ1) is 18.0. The summed E-state index contributed by atoms with van der Waals surface area (Å²) >= 11 is 0. The standard InChI is InChI=1S/C22H19N3O2/c23-14-17(15-24-13-12-16-6-2-1-3-7-16)22(27)25-20-10-4-9-19-18(20)8-5-11-21(19)26/h1-11,15,24,26H,12-13H2,(H,25,27)/b17-15-. The topological polar surface area (TPSA) is 85.2 Å². The predicted molar refractivity (Wildman–Crippen MR) is 106 cm³/mol. The Balaban J connectivity index is 1.67. The van der Waals surface area contributed by atoms with E-state index < -0.39 is 5.91 Å². The number of benzene rings is 3. The number of carbonyl (C=O) groups excluding carboxylic acids is 1. The molecule has 0 spiro atoms. The van der Waals surface area contributed by atoms with Gasteiger partial charge in [0.1, 0.15) is 17.4 Å². The minimum Gasteiger partial charge on any atom is -0.507 e. The Kier molecular flexibility index (Phi) is 5.70. The van der Waals surface area contributed by atoms with Gasteiger partial charge in [0.2, 0.25) is 0 Å². The third-order valence-electron chi connectivity index (χ3n) is 4.16. The van der Waals surface area contributed by atoms with Gasteiger partial charge in [-0.1, -0.05) is 54.6 Å². The van der Waals surface area contributed by atoms with E-state index in [0.29, 0.717) is 23.0 Å². The average molecular weight is 357 g/mol. The van der Waals surface area contributed by atoms with E-state index in [1.165, 1.54) is 11.8 Å². The Morgan fingerprint density at radius 1 is 1.00 bits per heavy atom. The minimum absolute atomic E-state index is 0.0137. The van der Waals surface area contributed by atoms with Gasteiger partial charge in [0.25, 0.3) is 5.91 Å². The lowest BCUT2D eigenvalue weighted by Gasteiger charge is -2.09. The number of fused-ring (bicyclic) bond motifs is 1. The smallest absolute Gasteiger partial charge is 0.267 e. The lowest BCUT2D eigenvalue weighted by molar-refractivity contribution is -0.112. The maximum absolute atomic E-state index is 12.4. The number of amides is 1. The molecule has 0 atom stereocenters. The van der Waals surface area contributed by atoms with Crippen LogP contribution < -0.4 is 10.6 Å². The summed E-state index contributed by atoms with van der Waals surface area (Å²) in [5.41, 5.74) is 1.70. The molecule has 0 unspecified atom stereocenters. The van der Waals surface area contributed by atoms with Gasteiger partial charge in [0.05, 0.1) is 0 Å². The molecule has 0 aliphatic heterocycles. The summed E-state index contributed by atoms with van der Waals surface area (Å²) in [6, 6.07) is 22.2. The number of hydrogen-bond acceptors (Lipinski definition) is 4. The summed E-state index contributed by atoms with van der Waals surface area (Å²) in [7, 11) is 0. The van der Waals surface area contributed by atoms with Crippen LogP contribution in [0.15, 0.2) is 78.5 Å². The average Bonchev–Trinajstić information content (AvgIpc) is 2.69. The number of anilines is 1. The zero-order valence-corrected chi connectivity index (χ0v) is 14.6. The number of nitrogens with one attached hydrogen (secondary N) is 2. The highest BCUT2D eigenvalue weighted by atomic mass is 16.3. The molecule has 0 saturated carbocycles. The highest BCUT2D eigenvalue weighted by Gasteiger charge is 2.11. The molecule has 0 bridgehead atoms. The second-order valence-electron chi connectivity index (χ2n) is 5.99. The number of phenols is 1. The highest BCUT2D eigenvalue weighted by Crippen LogP contribution is 2.29. The van der Waals surface area contributed by atoms with Crippen molar-refractivity contribution in [1.29, 1.82) is 5.26 Å². The molecule has 0 saturated heterocycles. The van der Waals surface area contributed by atoms with Gasteiger partial charge in [0, 0.05) is 29.2 Å². The van der Waals surface area contributed by atoms with E-state index in [-0.39, 0.29) is 11.3 Å². The fraction of sp³-hybridized carbons (Fsp3) is 0.0909. The number of nitriles is 1. The fourth-order valence-electron chi connectivity index (χ4n) is 2.78. The first-order valence-electron chi connectivity index (χ1n) is 8.58. The summed E-state index contributed by atoms with van der Waals surface area (Å²) in [5.74, 6) is -0.359. The molecule has 5 heteroatoms. The van der Waals surface area contributed by atoms with E-state index in [1.54, 1.807) is 36.4 Å². The van der Waals surface area contributed by atoms with Crippen LogP contribution >= 0.6 is 0 Å². The van der Waals surface area contributed by atoms with Crippen molar-refractivity contribution in [2.24, 2.45) is 0 Å². The number of rotatable bonds is 6. The maximum Gasteiger partial charge on any atom is 0.267 e. The molecule has 0 radical (unpaired) electrons.